The Labute approximate surface area is 215 Å². The molecule has 2 fully saturated rings. The number of unbranched alkanes of at least 4 members (excludes halogenated alkanes) is 2. The fraction of sp³-hybridized carbons (Fsp3) is 1.00. The molecular weight excluding hydrogens is 444 g/mol. The summed E-state index contributed by atoms with van der Waals surface area (Å²) in [4.78, 5) is 6.68. The number of nitrogens with zero attached hydrogens (tertiary/aromatic N) is 3. The molecular formula is C21H48B4N6O4. The third-order valence-electron chi connectivity index (χ3n) is 6.82. The van der Waals surface area contributed by atoms with Crippen molar-refractivity contribution in [3.8, 4) is 0 Å². The van der Waals surface area contributed by atoms with E-state index in [1.54, 1.807) is 0 Å². The molecule has 0 aromatic carbocycles. The van der Waals surface area contributed by atoms with E-state index in [4.69, 9.17) is 0 Å². The molecule has 0 aliphatic carbocycles. The summed E-state index contributed by atoms with van der Waals surface area (Å²) in [5.74, 6) is 0. The third-order valence-corrected chi connectivity index (χ3v) is 6.82. The van der Waals surface area contributed by atoms with E-state index in [0.29, 0.717) is 25.0 Å². The maximum atomic E-state index is 10.1. The van der Waals surface area contributed by atoms with Gasteiger partial charge in [0.25, 0.3) is 0 Å². The van der Waals surface area contributed by atoms with Gasteiger partial charge in [0, 0.05) is 0 Å². The Hall–Kier alpha value is -0.460. The van der Waals surface area contributed by atoms with Gasteiger partial charge in [-0.25, -0.2) is 0 Å². The van der Waals surface area contributed by atoms with Gasteiger partial charge in [0.1, 0.15) is 0 Å². The van der Waals surface area contributed by atoms with Gasteiger partial charge in [0.2, 0.25) is 0 Å². The van der Waals surface area contributed by atoms with Crippen molar-refractivity contribution in [2.24, 2.45) is 0 Å². The van der Waals surface area contributed by atoms with Crippen molar-refractivity contribution in [2.45, 2.75) is 64.3 Å². The van der Waals surface area contributed by atoms with Crippen LogP contribution in [0.15, 0.2) is 0 Å². The Balaban J connectivity index is 0.000000351. The first-order valence-corrected chi connectivity index (χ1v) is 13.5. The van der Waals surface area contributed by atoms with Crippen LogP contribution in [0.4, 0.5) is 0 Å². The van der Waals surface area contributed by atoms with Crippen LogP contribution in [0.25, 0.3) is 0 Å². The quantitative estimate of drug-likeness (QED) is 0.130. The number of hydrogen-bond acceptors (Lipinski definition) is 10. The van der Waals surface area contributed by atoms with Crippen LogP contribution in [0.5, 0.6) is 0 Å². The van der Waals surface area contributed by atoms with Gasteiger partial charge >= 0.3 is 215 Å². The predicted molar refractivity (Wildman–Crippen MR) is 145 cm³/mol. The molecule has 2 atom stereocenters. The number of hydrogen-bond donors (Lipinski definition) is 5. The standard InChI is InChI=1S/C11H25B2N3O2.C10H23B2N3O2/c1-13(18)16-8-7-15(2)9-11(16)5-3-4-6-14-10-12-17;1-12(17)15-7-6-13-8-10(15)4-2-3-5-14-9-11-16/h11,14,18H,3-10H2,1-2H3;10,13-14,17H,2-9H2,1H3/t11-;10-/m00/s1. The van der Waals surface area contributed by atoms with Crippen LogP contribution in [-0.2, 0) is 9.41 Å². The van der Waals surface area contributed by atoms with E-state index in [0.717, 1.165) is 105 Å². The topological polar surface area (TPSA) is 120 Å². The minimum absolute atomic E-state index is 0.350. The van der Waals surface area contributed by atoms with Crippen molar-refractivity contribution in [3.63, 3.8) is 0 Å². The molecule has 10 nitrogen and oxygen atoms in total. The summed E-state index contributed by atoms with van der Waals surface area (Å²) in [5.41, 5.74) is 0. The Morgan fingerprint density at radius 2 is 1.40 bits per heavy atom. The van der Waals surface area contributed by atoms with E-state index in [9.17, 15) is 19.5 Å². The number of rotatable bonds is 16. The second kappa shape index (κ2) is 20.6. The molecule has 0 spiro atoms. The molecule has 0 bridgehead atoms. The molecule has 35 heavy (non-hydrogen) atoms. The van der Waals surface area contributed by atoms with Gasteiger partial charge in [-0.05, 0) is 0 Å². The zero-order valence-corrected chi connectivity index (χ0v) is 22.3. The van der Waals surface area contributed by atoms with Gasteiger partial charge in [-0.2, -0.15) is 0 Å². The van der Waals surface area contributed by atoms with E-state index < -0.39 is 0 Å². The molecule has 2 aliphatic heterocycles. The van der Waals surface area contributed by atoms with Crippen LogP contribution in [0.1, 0.15) is 38.5 Å². The van der Waals surface area contributed by atoms with Gasteiger partial charge in [-0.15, -0.1) is 0 Å². The van der Waals surface area contributed by atoms with Gasteiger partial charge < -0.3 is 0 Å². The van der Waals surface area contributed by atoms with Gasteiger partial charge in [0.15, 0.2) is 0 Å². The monoisotopic (exact) mass is 492 g/mol. The van der Waals surface area contributed by atoms with E-state index in [1.807, 2.05) is 13.6 Å². The molecule has 2 saturated heterocycles. The zero-order chi connectivity index (χ0) is 25.9. The van der Waals surface area contributed by atoms with Crippen LogP contribution in [0.2, 0.25) is 13.6 Å². The van der Waals surface area contributed by atoms with E-state index in [2.05, 4.69) is 37.5 Å². The number of nitrogens with one attached hydrogen (secondary N) is 3. The predicted octanol–water partition coefficient (Wildman–Crippen LogP) is -1.38. The van der Waals surface area contributed by atoms with E-state index in [1.165, 1.54) is 0 Å². The van der Waals surface area contributed by atoms with Gasteiger partial charge in [-0.3, -0.25) is 0 Å². The summed E-state index contributed by atoms with van der Waals surface area (Å²) in [6, 6.07) is 0.893. The van der Waals surface area contributed by atoms with Crippen molar-refractivity contribution in [2.75, 3.05) is 72.3 Å². The van der Waals surface area contributed by atoms with E-state index >= 15 is 0 Å². The molecule has 0 aromatic rings. The Bertz CT molecular complexity index is 556. The van der Waals surface area contributed by atoms with Crippen LogP contribution in [0.3, 0.4) is 0 Å². The van der Waals surface area contributed by atoms with Crippen LogP contribution in [0, 0.1) is 0 Å². The molecule has 0 amide bonds. The van der Waals surface area contributed by atoms with Crippen LogP contribution < -0.4 is 16.0 Å². The molecule has 198 valence electrons. The Morgan fingerprint density at radius 1 is 0.857 bits per heavy atom. The molecule has 0 saturated carbocycles. The Kier molecular flexibility index (Phi) is 19.2. The fourth-order valence-electron chi connectivity index (χ4n) is 4.89. The van der Waals surface area contributed by atoms with Crippen molar-refractivity contribution in [1.29, 1.82) is 0 Å². The molecule has 2 rings (SSSR count). The third kappa shape index (κ3) is 14.8. The van der Waals surface area contributed by atoms with Crippen molar-refractivity contribution >= 4 is 28.4 Å². The Morgan fingerprint density at radius 3 is 1.94 bits per heavy atom. The number of piperazine rings is 2. The van der Waals surface area contributed by atoms with Crippen molar-refractivity contribution in [1.82, 2.24) is 30.5 Å². The summed E-state index contributed by atoms with van der Waals surface area (Å²) in [7, 11) is 3.22. The second-order valence-corrected chi connectivity index (χ2v) is 9.75. The normalized spacial score (nSPS) is 21.5. The van der Waals surface area contributed by atoms with Crippen molar-refractivity contribution in [3.05, 3.63) is 0 Å². The summed E-state index contributed by atoms with van der Waals surface area (Å²) in [5, 5.41) is 28.9. The average molecular weight is 492 g/mol. The molecule has 0 unspecified atom stereocenters. The first kappa shape index (κ1) is 32.6. The molecule has 14 heteroatoms. The SMILES string of the molecule is CB(O)N1CCN(C)C[C@@H]1CCCCNCB=O.CB(O)N1CCNC[C@@H]1CCCCNCB=O. The van der Waals surface area contributed by atoms with Gasteiger partial charge in [-0.1, -0.05) is 0 Å². The zero-order valence-electron chi connectivity index (χ0n) is 22.3. The molecule has 0 aromatic heterocycles. The average Bonchev–Trinajstić information content (AvgIpc) is 2.84. The maximum absolute atomic E-state index is 10.1. The first-order chi connectivity index (χ1) is 16.9. The molecule has 5 N–H and O–H groups in total. The van der Waals surface area contributed by atoms with E-state index in [-0.39, 0.29) is 14.1 Å². The number of likely N-dealkylation sites (N-methyl/N-ethyl adjacent to an activating group) is 1. The van der Waals surface area contributed by atoms with Crippen molar-refractivity contribution < 1.29 is 19.5 Å². The first-order valence-electron chi connectivity index (χ1n) is 13.5. The molecule has 2 heterocycles. The summed E-state index contributed by atoms with van der Waals surface area (Å²) in [6.45, 7) is 11.3. The van der Waals surface area contributed by atoms with Crippen LogP contribution in [-0.4, -0.2) is 137 Å². The molecule has 2 aliphatic rings. The van der Waals surface area contributed by atoms with Crippen LogP contribution >= 0.6 is 0 Å². The second-order valence-electron chi connectivity index (χ2n) is 9.75. The summed E-state index contributed by atoms with van der Waals surface area (Å²) < 4.78 is 20.2. The summed E-state index contributed by atoms with van der Waals surface area (Å²) >= 11 is 0. The fourth-order valence-corrected chi connectivity index (χ4v) is 4.89. The molecule has 0 radical (unpaired) electrons. The minimum atomic E-state index is -0.352. The summed E-state index contributed by atoms with van der Waals surface area (Å²) in [6.07, 6.45) is 7.53. The van der Waals surface area contributed by atoms with Gasteiger partial charge in [0.05, 0.1) is 0 Å².